The Hall–Kier alpha value is -0.0300. The monoisotopic (exact) mass is 339 g/mol. The average Bonchev–Trinajstić information content (AvgIpc) is 2.75. The maximum Gasteiger partial charge on any atom is 0.239 e. The minimum absolute atomic E-state index is 0. The molecule has 2 aliphatic heterocycles. The highest BCUT2D eigenvalue weighted by Crippen LogP contribution is 2.16. The quantitative estimate of drug-likeness (QED) is 0.856. The van der Waals surface area contributed by atoms with E-state index in [1.807, 2.05) is 7.05 Å². The van der Waals surface area contributed by atoms with E-state index in [0.29, 0.717) is 11.9 Å². The molecule has 2 heterocycles. The Morgan fingerprint density at radius 3 is 2.00 bits per heavy atom. The topological polar surface area (TPSA) is 35.6 Å². The summed E-state index contributed by atoms with van der Waals surface area (Å²) in [4.78, 5) is 17.0. The third-order valence-corrected chi connectivity index (χ3v) is 4.76. The van der Waals surface area contributed by atoms with Crippen molar-refractivity contribution in [2.24, 2.45) is 0 Å². The molecule has 126 valence electrons. The fourth-order valence-corrected chi connectivity index (χ4v) is 3.29. The van der Waals surface area contributed by atoms with Gasteiger partial charge in [-0.15, -0.1) is 24.8 Å². The molecule has 0 aromatic carbocycles. The number of carbonyl (C=O) groups excluding carboxylic acids is 1. The molecule has 0 aliphatic carbocycles. The van der Waals surface area contributed by atoms with Gasteiger partial charge < -0.3 is 10.2 Å². The van der Waals surface area contributed by atoms with Crippen LogP contribution in [0.5, 0.6) is 0 Å². The van der Waals surface area contributed by atoms with Gasteiger partial charge in [0.25, 0.3) is 0 Å². The number of hydrogen-bond acceptors (Lipinski definition) is 3. The molecule has 1 unspecified atom stereocenters. The summed E-state index contributed by atoms with van der Waals surface area (Å²) in [6, 6.07) is 0.668. The van der Waals surface area contributed by atoms with E-state index in [1.165, 1.54) is 25.7 Å². The Morgan fingerprint density at radius 2 is 1.52 bits per heavy atom. The van der Waals surface area contributed by atoms with Crippen LogP contribution >= 0.6 is 24.8 Å². The van der Waals surface area contributed by atoms with E-state index in [1.54, 1.807) is 0 Å². The fraction of sp³-hybridized carbons (Fsp3) is 0.933. The second-order valence-electron chi connectivity index (χ2n) is 6.01. The number of piperidine rings is 1. The lowest BCUT2D eigenvalue weighted by molar-refractivity contribution is -0.137. The molecule has 1 N–H and O–H groups in total. The highest BCUT2D eigenvalue weighted by molar-refractivity contribution is 5.85. The first-order valence-corrected chi connectivity index (χ1v) is 7.92. The molecular formula is C15H31Cl2N3O. The average molecular weight is 340 g/mol. The van der Waals surface area contributed by atoms with E-state index in [-0.39, 0.29) is 30.9 Å². The molecule has 1 amide bonds. The summed E-state index contributed by atoms with van der Waals surface area (Å²) in [5.41, 5.74) is 0. The number of halogens is 2. The van der Waals surface area contributed by atoms with E-state index in [0.717, 1.165) is 39.0 Å². The number of carbonyl (C=O) groups is 1. The predicted molar refractivity (Wildman–Crippen MR) is 92.7 cm³/mol. The van der Waals surface area contributed by atoms with Crippen LogP contribution in [0.2, 0.25) is 0 Å². The van der Waals surface area contributed by atoms with Gasteiger partial charge in [0.05, 0.1) is 6.04 Å². The Balaban J connectivity index is 0.00000200. The number of nitrogens with zero attached hydrogens (tertiary/aromatic N) is 2. The van der Waals surface area contributed by atoms with E-state index < -0.39 is 0 Å². The molecule has 6 heteroatoms. The Morgan fingerprint density at radius 1 is 1.00 bits per heavy atom. The smallest absolute Gasteiger partial charge is 0.239 e. The van der Waals surface area contributed by atoms with Crippen LogP contribution in [-0.2, 0) is 4.79 Å². The third kappa shape index (κ3) is 5.93. The molecule has 2 rings (SSSR count). The van der Waals surface area contributed by atoms with Gasteiger partial charge in [-0.2, -0.15) is 0 Å². The van der Waals surface area contributed by atoms with Crippen molar-refractivity contribution >= 4 is 30.7 Å². The first kappa shape index (κ1) is 21.0. The Labute approximate surface area is 141 Å². The third-order valence-electron chi connectivity index (χ3n) is 4.76. The van der Waals surface area contributed by atoms with Crippen LogP contribution in [0.3, 0.4) is 0 Å². The predicted octanol–water partition coefficient (Wildman–Crippen LogP) is 2.30. The molecule has 2 aliphatic rings. The van der Waals surface area contributed by atoms with Gasteiger partial charge in [0.1, 0.15) is 0 Å². The summed E-state index contributed by atoms with van der Waals surface area (Å²) >= 11 is 0. The van der Waals surface area contributed by atoms with Crippen molar-refractivity contribution in [3.05, 3.63) is 0 Å². The lowest BCUT2D eigenvalue weighted by atomic mass is 10.0. The molecule has 0 aromatic heterocycles. The summed E-state index contributed by atoms with van der Waals surface area (Å²) in [5.74, 6) is 0.344. The van der Waals surface area contributed by atoms with Crippen molar-refractivity contribution in [1.82, 2.24) is 15.1 Å². The summed E-state index contributed by atoms with van der Waals surface area (Å²) in [5, 5.41) is 3.32. The van der Waals surface area contributed by atoms with Crippen LogP contribution in [0.25, 0.3) is 0 Å². The zero-order chi connectivity index (χ0) is 13.7. The van der Waals surface area contributed by atoms with Gasteiger partial charge in [0, 0.05) is 19.1 Å². The van der Waals surface area contributed by atoms with Crippen LogP contribution in [0.1, 0.15) is 45.4 Å². The van der Waals surface area contributed by atoms with Crippen LogP contribution in [0.4, 0.5) is 0 Å². The van der Waals surface area contributed by atoms with Gasteiger partial charge in [-0.1, -0.05) is 12.8 Å². The summed E-state index contributed by atoms with van der Waals surface area (Å²) in [6.45, 7) is 6.13. The standard InChI is InChI=1S/C15H29N3O.2ClH/c1-13(17-9-5-3-4-6-10-17)15(19)18-11-7-14(16-2)8-12-18;;/h13-14,16H,3-12H2,1-2H3;2*1H. The molecule has 0 radical (unpaired) electrons. The molecular weight excluding hydrogens is 309 g/mol. The van der Waals surface area contributed by atoms with E-state index in [2.05, 4.69) is 22.0 Å². The maximum absolute atomic E-state index is 12.6. The highest BCUT2D eigenvalue weighted by atomic mass is 35.5. The number of rotatable bonds is 3. The van der Waals surface area contributed by atoms with E-state index in [9.17, 15) is 4.79 Å². The second kappa shape index (κ2) is 10.7. The molecule has 0 spiro atoms. The summed E-state index contributed by atoms with van der Waals surface area (Å²) in [7, 11) is 2.02. The summed E-state index contributed by atoms with van der Waals surface area (Å²) < 4.78 is 0. The molecule has 21 heavy (non-hydrogen) atoms. The molecule has 2 saturated heterocycles. The SMILES string of the molecule is CNC1CCN(C(=O)C(C)N2CCCCCC2)CC1.Cl.Cl. The molecule has 0 aromatic rings. The van der Waals surface area contributed by atoms with E-state index >= 15 is 0 Å². The number of nitrogens with one attached hydrogen (secondary N) is 1. The van der Waals surface area contributed by atoms with Crippen molar-refractivity contribution in [1.29, 1.82) is 0 Å². The van der Waals surface area contributed by atoms with Gasteiger partial charge in [0.15, 0.2) is 0 Å². The van der Waals surface area contributed by atoms with Gasteiger partial charge in [-0.05, 0) is 52.7 Å². The first-order valence-electron chi connectivity index (χ1n) is 7.92. The van der Waals surface area contributed by atoms with Crippen molar-refractivity contribution in [2.75, 3.05) is 33.2 Å². The van der Waals surface area contributed by atoms with Gasteiger partial charge in [-0.3, -0.25) is 9.69 Å². The Bertz CT molecular complexity index is 289. The van der Waals surface area contributed by atoms with E-state index in [4.69, 9.17) is 0 Å². The number of hydrogen-bond donors (Lipinski definition) is 1. The number of amides is 1. The van der Waals surface area contributed by atoms with Gasteiger partial charge in [-0.25, -0.2) is 0 Å². The van der Waals surface area contributed by atoms with Crippen LogP contribution in [-0.4, -0.2) is 61.0 Å². The molecule has 0 bridgehead atoms. The first-order chi connectivity index (χ1) is 9.22. The number of likely N-dealkylation sites (tertiary alicyclic amines) is 2. The van der Waals surface area contributed by atoms with Crippen molar-refractivity contribution in [3.8, 4) is 0 Å². The molecule has 4 nitrogen and oxygen atoms in total. The lowest BCUT2D eigenvalue weighted by Gasteiger charge is -2.36. The van der Waals surface area contributed by atoms with Crippen LogP contribution < -0.4 is 5.32 Å². The van der Waals surface area contributed by atoms with Gasteiger partial charge in [0.2, 0.25) is 5.91 Å². The second-order valence-corrected chi connectivity index (χ2v) is 6.01. The lowest BCUT2D eigenvalue weighted by Crippen LogP contribution is -2.51. The molecule has 1 atom stereocenters. The van der Waals surface area contributed by atoms with Crippen molar-refractivity contribution < 1.29 is 4.79 Å². The Kier molecular flexibility index (Phi) is 10.6. The summed E-state index contributed by atoms with van der Waals surface area (Å²) in [6.07, 6.45) is 7.33. The minimum atomic E-state index is 0. The molecule has 2 fully saturated rings. The normalized spacial score (nSPS) is 22.7. The highest BCUT2D eigenvalue weighted by Gasteiger charge is 2.28. The zero-order valence-corrected chi connectivity index (χ0v) is 15.0. The zero-order valence-electron chi connectivity index (χ0n) is 13.3. The van der Waals surface area contributed by atoms with Crippen molar-refractivity contribution in [2.45, 2.75) is 57.5 Å². The largest absolute Gasteiger partial charge is 0.341 e. The maximum atomic E-state index is 12.6. The van der Waals surface area contributed by atoms with Crippen LogP contribution in [0, 0.1) is 0 Å². The van der Waals surface area contributed by atoms with Crippen LogP contribution in [0.15, 0.2) is 0 Å². The minimum Gasteiger partial charge on any atom is -0.341 e. The fourth-order valence-electron chi connectivity index (χ4n) is 3.29. The molecule has 0 saturated carbocycles. The van der Waals surface area contributed by atoms with Gasteiger partial charge >= 0.3 is 0 Å². The van der Waals surface area contributed by atoms with Crippen molar-refractivity contribution in [3.63, 3.8) is 0 Å².